The van der Waals surface area contributed by atoms with Crippen LogP contribution in [0.4, 0.5) is 0 Å². The predicted octanol–water partition coefficient (Wildman–Crippen LogP) is 0.507. The smallest absolute Gasteiger partial charge is 1.00 e. The molecule has 0 aromatic heterocycles. The molecule has 0 spiro atoms. The van der Waals surface area contributed by atoms with Crippen LogP contribution in [0.2, 0.25) is 0 Å². The molecule has 0 rings (SSSR count). The van der Waals surface area contributed by atoms with E-state index in [-0.39, 0.29) is 40.6 Å². The molecule has 0 unspecified atom stereocenters. The van der Waals surface area contributed by atoms with Crippen molar-refractivity contribution < 1.29 is 44.4 Å². The van der Waals surface area contributed by atoms with Crippen molar-refractivity contribution in [3.8, 4) is 0 Å². The summed E-state index contributed by atoms with van der Waals surface area (Å²) in [4.78, 5) is 35.0. The standard InChI is InChI=1S/C15H22O9S.Ca.2H/c1-4-6-12(16)23-10-15(3,11-24-13(17)7-5-2)14(18)22-8-9-25(19,20)21;;;/h4-7H,8-11H2,1-3H3,(H,19,20,21);;;/q;+2;2*-1. The van der Waals surface area contributed by atoms with Gasteiger partial charge in [0.15, 0.2) is 0 Å². The molecule has 0 atom stereocenters. The van der Waals surface area contributed by atoms with Crippen LogP contribution in [0, 0.1) is 5.41 Å². The molecule has 26 heavy (non-hydrogen) atoms. The fourth-order valence-electron chi connectivity index (χ4n) is 1.40. The van der Waals surface area contributed by atoms with Gasteiger partial charge in [-0.3, -0.25) is 9.35 Å². The maximum atomic E-state index is 12.2. The third-order valence-corrected chi connectivity index (χ3v) is 3.42. The van der Waals surface area contributed by atoms with E-state index < -0.39 is 59.0 Å². The van der Waals surface area contributed by atoms with Crippen molar-refractivity contribution in [1.29, 1.82) is 0 Å². The van der Waals surface area contributed by atoms with Crippen LogP contribution >= 0.6 is 0 Å². The molecule has 1 N–H and O–H groups in total. The zero-order valence-corrected chi connectivity index (χ0v) is 18.0. The average molecular weight is 420 g/mol. The van der Waals surface area contributed by atoms with Crippen LogP contribution < -0.4 is 0 Å². The van der Waals surface area contributed by atoms with Gasteiger partial charge in [0.05, 0.1) is 0 Å². The summed E-state index contributed by atoms with van der Waals surface area (Å²) in [6.45, 7) is 3.02. The Hall–Kier alpha value is -0.940. The zero-order valence-electron chi connectivity index (χ0n) is 17.0. The molecule has 0 fully saturated rings. The van der Waals surface area contributed by atoms with Crippen LogP contribution in [0.3, 0.4) is 0 Å². The molecule has 9 nitrogen and oxygen atoms in total. The minimum atomic E-state index is -4.30. The minimum Gasteiger partial charge on any atom is -1.00 e. The van der Waals surface area contributed by atoms with Gasteiger partial charge in [-0.05, 0) is 20.8 Å². The molecule has 0 heterocycles. The van der Waals surface area contributed by atoms with Crippen molar-refractivity contribution in [2.24, 2.45) is 5.41 Å². The Morgan fingerprint density at radius 2 is 1.42 bits per heavy atom. The van der Waals surface area contributed by atoms with Crippen LogP contribution in [0.5, 0.6) is 0 Å². The number of carbonyl (C=O) groups is 3. The molecule has 0 radical (unpaired) electrons. The molecule has 0 saturated heterocycles. The van der Waals surface area contributed by atoms with Gasteiger partial charge < -0.3 is 17.1 Å². The molecule has 11 heteroatoms. The van der Waals surface area contributed by atoms with Crippen molar-refractivity contribution in [3.05, 3.63) is 24.3 Å². The first-order valence-electron chi connectivity index (χ1n) is 7.25. The molecule has 0 bridgehead atoms. The number of hydrogen-bond donors (Lipinski definition) is 1. The van der Waals surface area contributed by atoms with Crippen LogP contribution in [-0.4, -0.2) is 94.2 Å². The van der Waals surface area contributed by atoms with E-state index in [2.05, 4.69) is 0 Å². The zero-order chi connectivity index (χ0) is 19.5. The first-order chi connectivity index (χ1) is 11.5. The summed E-state index contributed by atoms with van der Waals surface area (Å²) in [5.74, 6) is -3.15. The van der Waals surface area contributed by atoms with E-state index >= 15 is 0 Å². The van der Waals surface area contributed by atoms with E-state index in [1.807, 2.05) is 0 Å². The van der Waals surface area contributed by atoms with E-state index in [0.29, 0.717) is 0 Å². The summed E-state index contributed by atoms with van der Waals surface area (Å²) in [5, 5.41) is 0. The van der Waals surface area contributed by atoms with E-state index in [9.17, 15) is 22.8 Å². The molecular formula is C15H24CaO9S. The predicted molar refractivity (Wildman–Crippen MR) is 95.0 cm³/mol. The van der Waals surface area contributed by atoms with Gasteiger partial charge >= 0.3 is 55.6 Å². The quantitative estimate of drug-likeness (QED) is 0.176. The maximum Gasteiger partial charge on any atom is 2.00 e. The minimum absolute atomic E-state index is 0. The summed E-state index contributed by atoms with van der Waals surface area (Å²) in [6, 6.07) is 0. The van der Waals surface area contributed by atoms with Gasteiger partial charge in [0.1, 0.15) is 31.0 Å². The summed E-state index contributed by atoms with van der Waals surface area (Å²) in [7, 11) is -4.30. The van der Waals surface area contributed by atoms with Crippen molar-refractivity contribution in [2.75, 3.05) is 25.6 Å². The molecule has 0 aliphatic heterocycles. The summed E-state index contributed by atoms with van der Waals surface area (Å²) < 4.78 is 44.5. The molecule has 0 aromatic carbocycles. The average Bonchev–Trinajstić information content (AvgIpc) is 2.50. The monoisotopic (exact) mass is 420 g/mol. The topological polar surface area (TPSA) is 133 Å². The Morgan fingerprint density at radius 3 is 1.77 bits per heavy atom. The number of carbonyl (C=O) groups excluding carboxylic acids is 3. The molecule has 0 aliphatic carbocycles. The SMILES string of the molecule is CC=CC(=O)OCC(C)(COC(=O)C=CC)C(=O)OCCS(=O)(=O)O.[Ca+2].[H-].[H-]. The van der Waals surface area contributed by atoms with E-state index in [4.69, 9.17) is 18.8 Å². The van der Waals surface area contributed by atoms with Gasteiger partial charge in [-0.25, -0.2) is 9.59 Å². The Labute approximate surface area is 185 Å². The first kappa shape index (κ1) is 27.3. The Kier molecular flexibility index (Phi) is 13.9. The van der Waals surface area contributed by atoms with Crippen molar-refractivity contribution >= 4 is 65.8 Å². The number of allylic oxidation sites excluding steroid dienone is 2. The van der Waals surface area contributed by atoms with E-state index in [1.54, 1.807) is 13.8 Å². The summed E-state index contributed by atoms with van der Waals surface area (Å²) >= 11 is 0. The van der Waals surface area contributed by atoms with Crippen LogP contribution in [0.15, 0.2) is 24.3 Å². The normalized spacial score (nSPS) is 13.7. The Morgan fingerprint density at radius 1 is 1.00 bits per heavy atom. The number of rotatable bonds is 10. The van der Waals surface area contributed by atoms with Crippen LogP contribution in [-0.2, 0) is 38.7 Å². The first-order valence-corrected chi connectivity index (χ1v) is 8.86. The third-order valence-electron chi connectivity index (χ3n) is 2.74. The molecule has 0 amide bonds. The molecule has 0 aromatic rings. The largest absolute Gasteiger partial charge is 2.00 e. The van der Waals surface area contributed by atoms with Crippen molar-refractivity contribution in [2.45, 2.75) is 20.8 Å². The van der Waals surface area contributed by atoms with Crippen molar-refractivity contribution in [1.82, 2.24) is 0 Å². The Balaban J connectivity index is -0.000000960. The van der Waals surface area contributed by atoms with E-state index in [0.717, 1.165) is 12.2 Å². The summed E-state index contributed by atoms with van der Waals surface area (Å²) in [5.41, 5.74) is -1.55. The molecular weight excluding hydrogens is 396 g/mol. The molecule has 0 aliphatic rings. The van der Waals surface area contributed by atoms with Gasteiger partial charge in [-0.15, -0.1) is 0 Å². The molecule has 146 valence electrons. The number of esters is 3. The van der Waals surface area contributed by atoms with Gasteiger partial charge in [0.25, 0.3) is 10.1 Å². The van der Waals surface area contributed by atoms with E-state index in [1.165, 1.54) is 19.1 Å². The second kappa shape index (κ2) is 13.3. The Bertz CT molecular complexity index is 620. The van der Waals surface area contributed by atoms with Gasteiger partial charge in [-0.2, -0.15) is 8.42 Å². The fraction of sp³-hybridized carbons (Fsp3) is 0.533. The molecule has 0 saturated carbocycles. The van der Waals surface area contributed by atoms with Gasteiger partial charge in [0, 0.05) is 12.2 Å². The van der Waals surface area contributed by atoms with Gasteiger partial charge in [-0.1, -0.05) is 12.2 Å². The maximum absolute atomic E-state index is 12.2. The number of ether oxygens (including phenoxy) is 3. The fourth-order valence-corrected chi connectivity index (χ4v) is 1.70. The second-order valence-electron chi connectivity index (χ2n) is 5.20. The second-order valence-corrected chi connectivity index (χ2v) is 6.77. The third kappa shape index (κ3) is 12.4. The summed E-state index contributed by atoms with van der Waals surface area (Å²) in [6.07, 6.45) is 5.15. The van der Waals surface area contributed by atoms with Crippen LogP contribution in [0.25, 0.3) is 0 Å². The number of hydrogen-bond acceptors (Lipinski definition) is 8. The van der Waals surface area contributed by atoms with Gasteiger partial charge in [0.2, 0.25) is 0 Å². The van der Waals surface area contributed by atoms with Crippen LogP contribution in [0.1, 0.15) is 23.6 Å². The van der Waals surface area contributed by atoms with Crippen molar-refractivity contribution in [3.63, 3.8) is 0 Å².